The first-order chi connectivity index (χ1) is 11.1. The zero-order valence-electron chi connectivity index (χ0n) is 12.4. The van der Waals surface area contributed by atoms with E-state index in [-0.39, 0.29) is 11.1 Å². The predicted octanol–water partition coefficient (Wildman–Crippen LogP) is 2.84. The molecule has 2 rings (SSSR count). The molecule has 1 aromatic heterocycles. The number of alkyl halides is 3. The molecule has 0 aliphatic carbocycles. The number of hydrogen-bond acceptors (Lipinski definition) is 4. The molecule has 0 bridgehead atoms. The van der Waals surface area contributed by atoms with Gasteiger partial charge in [-0.15, -0.1) is 0 Å². The first-order valence-corrected chi connectivity index (χ1v) is 8.12. The van der Waals surface area contributed by atoms with Gasteiger partial charge in [0.25, 0.3) is 0 Å². The van der Waals surface area contributed by atoms with E-state index in [9.17, 15) is 21.6 Å². The van der Waals surface area contributed by atoms with E-state index in [1.165, 1.54) is 24.3 Å². The number of hydrogen-bond donors (Lipinski definition) is 1. The van der Waals surface area contributed by atoms with Crippen molar-refractivity contribution in [1.82, 2.24) is 9.71 Å². The van der Waals surface area contributed by atoms with Crippen molar-refractivity contribution in [2.75, 3.05) is 0 Å². The molecule has 5 nitrogen and oxygen atoms in total. The summed E-state index contributed by atoms with van der Waals surface area (Å²) in [7, 11) is -4.52. The van der Waals surface area contributed by atoms with Crippen LogP contribution in [0.3, 0.4) is 0 Å². The average Bonchev–Trinajstić information content (AvgIpc) is 2.53. The van der Waals surface area contributed by atoms with Crippen molar-refractivity contribution >= 4 is 10.0 Å². The first-order valence-electron chi connectivity index (χ1n) is 6.64. The van der Waals surface area contributed by atoms with E-state index in [4.69, 9.17) is 5.26 Å². The molecule has 0 saturated heterocycles. The summed E-state index contributed by atoms with van der Waals surface area (Å²) in [5.41, 5.74) is 0.436. The van der Waals surface area contributed by atoms with Gasteiger partial charge in [0.15, 0.2) is 0 Å². The zero-order valence-corrected chi connectivity index (χ0v) is 13.2. The number of nitrogens with one attached hydrogen (secondary N) is 1. The summed E-state index contributed by atoms with van der Waals surface area (Å²) in [5, 5.41) is 8.76. The summed E-state index contributed by atoms with van der Waals surface area (Å²) >= 11 is 0. The van der Waals surface area contributed by atoms with Crippen LogP contribution >= 0.6 is 0 Å². The van der Waals surface area contributed by atoms with Gasteiger partial charge in [0, 0.05) is 12.4 Å². The number of nitrogens with zero attached hydrogens (tertiary/aromatic N) is 2. The molecule has 1 unspecified atom stereocenters. The summed E-state index contributed by atoms with van der Waals surface area (Å²) in [6.07, 6.45) is -2.84. The molecule has 0 aliphatic heterocycles. The fourth-order valence-electron chi connectivity index (χ4n) is 1.93. The maximum Gasteiger partial charge on any atom is 0.408 e. The number of pyridine rings is 1. The Balaban J connectivity index is 2.42. The van der Waals surface area contributed by atoms with Crippen molar-refractivity contribution in [2.45, 2.75) is 24.0 Å². The lowest BCUT2D eigenvalue weighted by atomic mass is 10.1. The number of benzene rings is 1. The zero-order chi connectivity index (χ0) is 18.0. The van der Waals surface area contributed by atoms with Gasteiger partial charge in [0.1, 0.15) is 17.0 Å². The topological polar surface area (TPSA) is 82.8 Å². The minimum atomic E-state index is -4.83. The lowest BCUT2D eigenvalue weighted by Crippen LogP contribution is -2.38. The second-order valence-electron chi connectivity index (χ2n) is 5.03. The normalized spacial score (nSPS) is 13.3. The maximum absolute atomic E-state index is 13.3. The first kappa shape index (κ1) is 17.9. The van der Waals surface area contributed by atoms with Crippen LogP contribution in [0.1, 0.15) is 22.7 Å². The highest BCUT2D eigenvalue weighted by molar-refractivity contribution is 7.89. The van der Waals surface area contributed by atoms with Crippen LogP contribution in [-0.2, 0) is 10.0 Å². The molecule has 1 atom stereocenters. The Hall–Kier alpha value is -2.44. The number of aromatic nitrogens is 1. The smallest absolute Gasteiger partial charge is 0.262 e. The van der Waals surface area contributed by atoms with Crippen molar-refractivity contribution in [3.05, 3.63) is 59.4 Å². The van der Waals surface area contributed by atoms with Crippen molar-refractivity contribution in [3.63, 3.8) is 0 Å². The second kappa shape index (κ2) is 6.59. The van der Waals surface area contributed by atoms with Crippen molar-refractivity contribution in [1.29, 1.82) is 5.26 Å². The van der Waals surface area contributed by atoms with E-state index in [2.05, 4.69) is 4.98 Å². The van der Waals surface area contributed by atoms with E-state index in [1.807, 2.05) is 0 Å². The molecule has 9 heteroatoms. The minimum absolute atomic E-state index is 0.0724. The molecular weight excluding hydrogens is 343 g/mol. The second-order valence-corrected chi connectivity index (χ2v) is 6.74. The van der Waals surface area contributed by atoms with Crippen LogP contribution in [-0.4, -0.2) is 19.6 Å². The van der Waals surface area contributed by atoms with Crippen LogP contribution in [0.15, 0.2) is 47.6 Å². The molecule has 0 spiro atoms. The number of halogens is 3. The largest absolute Gasteiger partial charge is 0.408 e. The molecule has 0 fully saturated rings. The van der Waals surface area contributed by atoms with Crippen LogP contribution in [0.4, 0.5) is 13.2 Å². The van der Waals surface area contributed by atoms with Crippen LogP contribution in [0.25, 0.3) is 0 Å². The third-order valence-corrected chi connectivity index (χ3v) is 4.55. The fraction of sp³-hybridized carbons (Fsp3) is 0.200. The van der Waals surface area contributed by atoms with Crippen molar-refractivity contribution in [3.8, 4) is 6.07 Å². The molecule has 0 saturated carbocycles. The summed E-state index contributed by atoms with van der Waals surface area (Å²) in [6, 6.07) is 5.57. The molecule has 0 amide bonds. The van der Waals surface area contributed by atoms with Gasteiger partial charge in [-0.25, -0.2) is 8.42 Å². The Kier molecular flexibility index (Phi) is 4.91. The highest BCUT2D eigenvalue weighted by atomic mass is 32.2. The molecular formula is C15H12F3N3O2S. The van der Waals surface area contributed by atoms with Gasteiger partial charge in [-0.1, -0.05) is 29.8 Å². The number of nitriles is 1. The van der Waals surface area contributed by atoms with E-state index in [0.29, 0.717) is 0 Å². The van der Waals surface area contributed by atoms with Crippen LogP contribution < -0.4 is 4.72 Å². The highest BCUT2D eigenvalue weighted by Gasteiger charge is 2.43. The summed E-state index contributed by atoms with van der Waals surface area (Å²) < 4.78 is 66.0. The Labute approximate surface area is 136 Å². The molecule has 0 aliphatic rings. The SMILES string of the molecule is Cc1ccc(C(NS(=O)(=O)c2cncc(C#N)c2)C(F)(F)F)cc1. The van der Waals surface area contributed by atoms with Gasteiger partial charge in [-0.3, -0.25) is 4.98 Å². The van der Waals surface area contributed by atoms with Gasteiger partial charge in [-0.2, -0.15) is 23.2 Å². The van der Waals surface area contributed by atoms with E-state index < -0.39 is 27.1 Å². The number of sulfonamides is 1. The third kappa shape index (κ3) is 4.10. The Morgan fingerprint density at radius 3 is 2.38 bits per heavy atom. The molecule has 24 heavy (non-hydrogen) atoms. The Morgan fingerprint density at radius 2 is 1.83 bits per heavy atom. The molecule has 0 radical (unpaired) electrons. The monoisotopic (exact) mass is 355 g/mol. The fourth-order valence-corrected chi connectivity index (χ4v) is 3.13. The van der Waals surface area contributed by atoms with E-state index in [1.54, 1.807) is 17.7 Å². The lowest BCUT2D eigenvalue weighted by Gasteiger charge is -2.22. The average molecular weight is 355 g/mol. The molecule has 2 aromatic rings. The summed E-state index contributed by atoms with van der Waals surface area (Å²) in [5.74, 6) is 0. The van der Waals surface area contributed by atoms with Crippen LogP contribution in [0, 0.1) is 18.3 Å². The number of rotatable bonds is 4. The van der Waals surface area contributed by atoms with E-state index >= 15 is 0 Å². The molecule has 1 N–H and O–H groups in total. The highest BCUT2D eigenvalue weighted by Crippen LogP contribution is 2.34. The molecule has 126 valence electrons. The molecule has 1 heterocycles. The van der Waals surface area contributed by atoms with Gasteiger partial charge in [-0.05, 0) is 18.6 Å². The summed E-state index contributed by atoms with van der Waals surface area (Å²) in [6.45, 7) is 1.70. The van der Waals surface area contributed by atoms with Gasteiger partial charge >= 0.3 is 6.18 Å². The lowest BCUT2D eigenvalue weighted by molar-refractivity contribution is -0.153. The Bertz CT molecular complexity index is 872. The minimum Gasteiger partial charge on any atom is -0.262 e. The van der Waals surface area contributed by atoms with E-state index in [0.717, 1.165) is 24.0 Å². The van der Waals surface area contributed by atoms with Gasteiger partial charge < -0.3 is 0 Å². The van der Waals surface area contributed by atoms with Gasteiger partial charge in [0.2, 0.25) is 10.0 Å². The van der Waals surface area contributed by atoms with Crippen LogP contribution in [0.5, 0.6) is 0 Å². The van der Waals surface area contributed by atoms with Crippen molar-refractivity contribution in [2.24, 2.45) is 0 Å². The Morgan fingerprint density at radius 1 is 1.21 bits per heavy atom. The predicted molar refractivity (Wildman–Crippen MR) is 79.2 cm³/mol. The maximum atomic E-state index is 13.3. The quantitative estimate of drug-likeness (QED) is 0.914. The van der Waals surface area contributed by atoms with Gasteiger partial charge in [0.05, 0.1) is 5.56 Å². The third-order valence-electron chi connectivity index (χ3n) is 3.16. The van der Waals surface area contributed by atoms with Crippen molar-refractivity contribution < 1.29 is 21.6 Å². The van der Waals surface area contributed by atoms with Crippen LogP contribution in [0.2, 0.25) is 0 Å². The summed E-state index contributed by atoms with van der Waals surface area (Å²) in [4.78, 5) is 3.04. The number of aryl methyl sites for hydroxylation is 1. The standard InChI is InChI=1S/C15H12F3N3O2S/c1-10-2-4-12(5-3-10)14(15(16,17)18)21-24(22,23)13-6-11(7-19)8-20-9-13/h2-6,8-9,14,21H,1H3. The molecule has 1 aromatic carbocycles.